The summed E-state index contributed by atoms with van der Waals surface area (Å²) in [5, 5.41) is 8.30. The Kier molecular flexibility index (Phi) is 7.51. The highest BCUT2D eigenvalue weighted by Crippen LogP contribution is 2.24. The molecule has 34 heavy (non-hydrogen) atoms. The molecule has 0 saturated heterocycles. The Morgan fingerprint density at radius 1 is 1.06 bits per heavy atom. The van der Waals surface area contributed by atoms with E-state index in [9.17, 15) is 19.2 Å². The lowest BCUT2D eigenvalue weighted by atomic mass is 10.2. The van der Waals surface area contributed by atoms with Gasteiger partial charge in [-0.25, -0.2) is 19.4 Å². The number of ether oxygens (including phenoxy) is 3. The Morgan fingerprint density at radius 2 is 1.74 bits per heavy atom. The molecule has 1 aliphatic rings. The SMILES string of the molecule is COC(=O)c1csc(OC(=O)c2csc(NC(=O)C3CC(NC(=O)OC(C)(C)C)=CN3C)n2)n1. The van der Waals surface area contributed by atoms with Crippen LogP contribution in [0.15, 0.2) is 22.7 Å². The number of nitrogens with one attached hydrogen (secondary N) is 2. The van der Waals surface area contributed by atoms with Crippen LogP contribution in [0.2, 0.25) is 0 Å². The van der Waals surface area contributed by atoms with Gasteiger partial charge in [0.05, 0.1) is 7.11 Å². The van der Waals surface area contributed by atoms with Crippen molar-refractivity contribution < 1.29 is 33.4 Å². The van der Waals surface area contributed by atoms with Crippen LogP contribution >= 0.6 is 22.7 Å². The van der Waals surface area contributed by atoms with Gasteiger partial charge in [0.1, 0.15) is 11.6 Å². The first-order valence-electron chi connectivity index (χ1n) is 9.90. The Bertz CT molecular complexity index is 1130. The molecule has 0 radical (unpaired) electrons. The number of aromatic nitrogens is 2. The van der Waals surface area contributed by atoms with Crippen LogP contribution in [0, 0.1) is 0 Å². The largest absolute Gasteiger partial charge is 0.464 e. The van der Waals surface area contributed by atoms with Crippen molar-refractivity contribution in [1.82, 2.24) is 20.2 Å². The molecule has 0 fully saturated rings. The van der Waals surface area contributed by atoms with Crippen LogP contribution in [0.5, 0.6) is 5.19 Å². The third-order valence-corrected chi connectivity index (χ3v) is 5.70. The number of carbonyl (C=O) groups excluding carboxylic acids is 4. The van der Waals surface area contributed by atoms with Crippen molar-refractivity contribution in [3.8, 4) is 5.19 Å². The van der Waals surface area contributed by atoms with E-state index >= 15 is 0 Å². The van der Waals surface area contributed by atoms with Gasteiger partial charge in [0, 0.05) is 36.1 Å². The lowest BCUT2D eigenvalue weighted by molar-refractivity contribution is -0.119. The van der Waals surface area contributed by atoms with Crippen molar-refractivity contribution in [2.24, 2.45) is 0 Å². The molecule has 2 aromatic rings. The molecule has 0 bridgehead atoms. The van der Waals surface area contributed by atoms with E-state index in [0.717, 1.165) is 22.7 Å². The predicted octanol–water partition coefficient (Wildman–Crippen LogP) is 2.61. The number of rotatable bonds is 6. The van der Waals surface area contributed by atoms with Crippen LogP contribution in [0.3, 0.4) is 0 Å². The number of esters is 2. The average Bonchev–Trinajstić information content (AvgIpc) is 3.46. The third-order valence-electron chi connectivity index (χ3n) is 4.23. The molecule has 3 rings (SSSR count). The second-order valence-electron chi connectivity index (χ2n) is 8.07. The van der Waals surface area contributed by atoms with Crippen LogP contribution in [0.25, 0.3) is 0 Å². The van der Waals surface area contributed by atoms with Crippen LogP contribution in [-0.2, 0) is 14.3 Å². The Morgan fingerprint density at radius 3 is 2.41 bits per heavy atom. The molecule has 0 aromatic carbocycles. The molecule has 2 N–H and O–H groups in total. The second kappa shape index (κ2) is 10.2. The summed E-state index contributed by atoms with van der Waals surface area (Å²) in [7, 11) is 2.92. The molecule has 1 unspecified atom stereocenters. The van der Waals surface area contributed by atoms with Gasteiger partial charge in [-0.15, -0.1) is 11.3 Å². The van der Waals surface area contributed by atoms with Gasteiger partial charge in [0.25, 0.3) is 5.19 Å². The molecule has 14 heteroatoms. The van der Waals surface area contributed by atoms with Gasteiger partial charge in [0.15, 0.2) is 16.5 Å². The van der Waals surface area contributed by atoms with E-state index in [1.807, 2.05) is 0 Å². The van der Waals surface area contributed by atoms with Crippen LogP contribution < -0.4 is 15.4 Å². The molecule has 1 atom stereocenters. The summed E-state index contributed by atoms with van der Waals surface area (Å²) in [6.07, 6.45) is 1.30. The quantitative estimate of drug-likeness (QED) is 0.556. The van der Waals surface area contributed by atoms with Crippen molar-refractivity contribution in [2.75, 3.05) is 19.5 Å². The molecular weight excluding hydrogens is 486 g/mol. The van der Waals surface area contributed by atoms with E-state index in [1.165, 1.54) is 17.9 Å². The zero-order valence-electron chi connectivity index (χ0n) is 19.0. The molecular formula is C20H23N5O7S2. The first-order valence-corrected chi connectivity index (χ1v) is 11.7. The lowest BCUT2D eigenvalue weighted by Gasteiger charge is -2.20. The fourth-order valence-corrected chi connectivity index (χ4v) is 4.10. The van der Waals surface area contributed by atoms with E-state index in [1.54, 1.807) is 38.9 Å². The summed E-state index contributed by atoms with van der Waals surface area (Å²) < 4.78 is 14.9. The van der Waals surface area contributed by atoms with Gasteiger partial charge in [-0.05, 0) is 20.8 Å². The van der Waals surface area contributed by atoms with Crippen molar-refractivity contribution in [2.45, 2.75) is 38.8 Å². The highest BCUT2D eigenvalue weighted by molar-refractivity contribution is 7.14. The van der Waals surface area contributed by atoms with Crippen molar-refractivity contribution >= 4 is 51.7 Å². The van der Waals surface area contributed by atoms with Crippen molar-refractivity contribution in [3.63, 3.8) is 0 Å². The summed E-state index contributed by atoms with van der Waals surface area (Å²) in [4.78, 5) is 58.0. The highest BCUT2D eigenvalue weighted by atomic mass is 32.1. The summed E-state index contributed by atoms with van der Waals surface area (Å²) in [5.74, 6) is -1.80. The number of nitrogens with zero attached hydrogens (tertiary/aromatic N) is 3. The first kappa shape index (κ1) is 25.1. The second-order valence-corrected chi connectivity index (χ2v) is 9.75. The van der Waals surface area contributed by atoms with Gasteiger partial charge >= 0.3 is 18.0 Å². The van der Waals surface area contributed by atoms with Gasteiger partial charge in [-0.1, -0.05) is 11.3 Å². The summed E-state index contributed by atoms with van der Waals surface area (Å²) in [6, 6.07) is -0.587. The van der Waals surface area contributed by atoms with E-state index < -0.39 is 29.7 Å². The molecule has 2 amide bonds. The lowest BCUT2D eigenvalue weighted by Crippen LogP contribution is -2.37. The maximum Gasteiger partial charge on any atom is 0.411 e. The molecule has 12 nitrogen and oxygen atoms in total. The number of amides is 2. The average molecular weight is 510 g/mol. The minimum absolute atomic E-state index is 0.0244. The predicted molar refractivity (Wildman–Crippen MR) is 123 cm³/mol. The number of carbonyl (C=O) groups is 4. The number of thiazole rings is 2. The Balaban J connectivity index is 1.54. The minimum atomic E-state index is -0.786. The summed E-state index contributed by atoms with van der Waals surface area (Å²) in [6.45, 7) is 5.27. The van der Waals surface area contributed by atoms with Crippen molar-refractivity contribution in [1.29, 1.82) is 0 Å². The van der Waals surface area contributed by atoms with Crippen LogP contribution in [-0.4, -0.2) is 64.6 Å². The molecule has 1 aliphatic heterocycles. The van der Waals surface area contributed by atoms with Crippen molar-refractivity contribution in [3.05, 3.63) is 34.0 Å². The van der Waals surface area contributed by atoms with E-state index in [0.29, 0.717) is 5.70 Å². The Hall–Kier alpha value is -3.52. The van der Waals surface area contributed by atoms with Crippen LogP contribution in [0.4, 0.5) is 9.93 Å². The maximum atomic E-state index is 12.7. The zero-order valence-corrected chi connectivity index (χ0v) is 20.7. The fourth-order valence-electron chi connectivity index (χ4n) is 2.78. The summed E-state index contributed by atoms with van der Waals surface area (Å²) in [5.41, 5.74) is -0.106. The molecule has 2 aromatic heterocycles. The van der Waals surface area contributed by atoms with Gasteiger partial charge < -0.3 is 24.4 Å². The third kappa shape index (κ3) is 6.51. The number of hydrogen-bond donors (Lipinski definition) is 2. The van der Waals surface area contributed by atoms with E-state index in [4.69, 9.17) is 9.47 Å². The maximum absolute atomic E-state index is 12.7. The topological polar surface area (TPSA) is 149 Å². The minimum Gasteiger partial charge on any atom is -0.464 e. The molecule has 0 saturated carbocycles. The van der Waals surface area contributed by atoms with Gasteiger partial charge in [-0.2, -0.15) is 4.98 Å². The standard InChI is InChI=1S/C20H23N5O7S2/c1-20(2,3)32-18(29)21-10-6-13(25(4)7-10)14(26)24-17-22-12(8-33-17)16(28)31-19-23-11(9-34-19)15(27)30-5/h7-9,13H,6H2,1-5H3,(H,21,29)(H,22,24,26). The van der Waals surface area contributed by atoms with E-state index in [-0.39, 0.29) is 34.0 Å². The van der Waals surface area contributed by atoms with Crippen LogP contribution in [0.1, 0.15) is 48.2 Å². The zero-order chi connectivity index (χ0) is 25.0. The van der Waals surface area contributed by atoms with E-state index in [2.05, 4.69) is 25.3 Å². The molecule has 0 aliphatic carbocycles. The number of anilines is 1. The molecule has 3 heterocycles. The van der Waals surface area contributed by atoms with Gasteiger partial charge in [0.2, 0.25) is 5.91 Å². The molecule has 0 spiro atoms. The Labute approximate surface area is 202 Å². The smallest absolute Gasteiger partial charge is 0.411 e. The number of methoxy groups -OCH3 is 1. The first-order chi connectivity index (χ1) is 15.9. The highest BCUT2D eigenvalue weighted by Gasteiger charge is 2.31. The number of hydrogen-bond acceptors (Lipinski definition) is 12. The molecule has 182 valence electrons. The normalized spacial score (nSPS) is 15.4. The van der Waals surface area contributed by atoms with Gasteiger partial charge in [-0.3, -0.25) is 10.1 Å². The number of likely N-dealkylation sites (N-methyl/N-ethyl adjacent to an activating group) is 1. The summed E-state index contributed by atoms with van der Waals surface area (Å²) >= 11 is 2.01. The fraction of sp³-hybridized carbons (Fsp3) is 0.400. The number of alkyl carbamates (subject to hydrolysis) is 1. The monoisotopic (exact) mass is 509 g/mol.